The number of hydrogen-bond acceptors (Lipinski definition) is 3. The Labute approximate surface area is 111 Å². The van der Waals surface area contributed by atoms with E-state index in [0.29, 0.717) is 32.6 Å². The minimum absolute atomic E-state index is 0.172. The normalized spacial score (nSPS) is 36.6. The molecule has 3 nitrogen and oxygen atoms in total. The number of halogens is 3. The Morgan fingerprint density at radius 1 is 1.26 bits per heavy atom. The maximum Gasteiger partial charge on any atom is 0.391 e. The first-order valence-electron chi connectivity index (χ1n) is 6.88. The average molecular weight is 281 g/mol. The largest absolute Gasteiger partial charge is 0.391 e. The second-order valence-corrected chi connectivity index (χ2v) is 5.66. The molecule has 1 unspecified atom stereocenters. The summed E-state index contributed by atoms with van der Waals surface area (Å²) >= 11 is 0. The van der Waals surface area contributed by atoms with Gasteiger partial charge in [-0.15, -0.1) is 0 Å². The first-order chi connectivity index (χ1) is 8.95. The molecule has 0 spiro atoms. The Balaban J connectivity index is 1.74. The highest BCUT2D eigenvalue weighted by atomic mass is 19.4. The van der Waals surface area contributed by atoms with Crippen LogP contribution in [-0.4, -0.2) is 44.7 Å². The van der Waals surface area contributed by atoms with Crippen LogP contribution in [-0.2, 0) is 9.47 Å². The third-order valence-corrected chi connectivity index (χ3v) is 4.40. The van der Waals surface area contributed by atoms with Gasteiger partial charge in [-0.25, -0.2) is 0 Å². The molecule has 1 saturated carbocycles. The molecular weight excluding hydrogens is 259 g/mol. The van der Waals surface area contributed by atoms with Gasteiger partial charge in [0, 0.05) is 32.7 Å². The summed E-state index contributed by atoms with van der Waals surface area (Å²) in [4.78, 5) is 0. The third kappa shape index (κ3) is 3.83. The van der Waals surface area contributed by atoms with Crippen molar-refractivity contribution in [1.82, 2.24) is 5.32 Å². The molecule has 0 aromatic rings. The molecule has 0 aromatic carbocycles. The summed E-state index contributed by atoms with van der Waals surface area (Å²) in [6.45, 7) is 1.91. The highest BCUT2D eigenvalue weighted by Crippen LogP contribution is 2.37. The molecule has 112 valence electrons. The van der Waals surface area contributed by atoms with Crippen molar-refractivity contribution < 1.29 is 22.6 Å². The molecule has 0 amide bonds. The van der Waals surface area contributed by atoms with Crippen molar-refractivity contribution in [3.05, 3.63) is 0 Å². The predicted molar refractivity (Wildman–Crippen MR) is 65.0 cm³/mol. The molecule has 19 heavy (non-hydrogen) atoms. The standard InChI is InChI=1S/C13H22F3NO2/c1-18-12(6-7-19-9-12)8-17-11-4-2-10(3-5-11)13(14,15)16/h10-11,17H,2-9H2,1H3. The van der Waals surface area contributed by atoms with E-state index in [1.54, 1.807) is 7.11 Å². The molecule has 0 aromatic heterocycles. The minimum atomic E-state index is -4.03. The summed E-state index contributed by atoms with van der Waals surface area (Å²) in [5.74, 6) is -1.11. The lowest BCUT2D eigenvalue weighted by molar-refractivity contribution is -0.182. The first kappa shape index (κ1) is 15.1. The maximum absolute atomic E-state index is 12.6. The van der Waals surface area contributed by atoms with Gasteiger partial charge in [-0.05, 0) is 25.7 Å². The van der Waals surface area contributed by atoms with Crippen LogP contribution in [0.1, 0.15) is 32.1 Å². The van der Waals surface area contributed by atoms with E-state index in [9.17, 15) is 13.2 Å². The van der Waals surface area contributed by atoms with Gasteiger partial charge >= 0.3 is 6.18 Å². The van der Waals surface area contributed by atoms with E-state index in [-0.39, 0.29) is 24.5 Å². The molecule has 0 bridgehead atoms. The Morgan fingerprint density at radius 2 is 1.95 bits per heavy atom. The fourth-order valence-corrected chi connectivity index (χ4v) is 2.92. The Bertz CT molecular complexity index is 282. The lowest BCUT2D eigenvalue weighted by atomic mass is 9.85. The van der Waals surface area contributed by atoms with E-state index < -0.39 is 12.1 Å². The van der Waals surface area contributed by atoms with Gasteiger partial charge in [0.1, 0.15) is 5.60 Å². The SMILES string of the molecule is COC1(CNC2CCC(C(F)(F)F)CC2)CCOC1. The number of ether oxygens (including phenoxy) is 2. The van der Waals surface area contributed by atoms with Gasteiger partial charge in [-0.1, -0.05) is 0 Å². The maximum atomic E-state index is 12.6. The molecule has 1 aliphatic carbocycles. The topological polar surface area (TPSA) is 30.5 Å². The van der Waals surface area contributed by atoms with Crippen LogP contribution in [0.4, 0.5) is 13.2 Å². The summed E-state index contributed by atoms with van der Waals surface area (Å²) in [5, 5.41) is 3.35. The van der Waals surface area contributed by atoms with Crippen molar-refractivity contribution in [2.75, 3.05) is 26.9 Å². The zero-order valence-electron chi connectivity index (χ0n) is 11.3. The van der Waals surface area contributed by atoms with Crippen molar-refractivity contribution in [2.24, 2.45) is 5.92 Å². The Hall–Kier alpha value is -0.330. The summed E-state index contributed by atoms with van der Waals surface area (Å²) in [6.07, 6.45) is -1.54. The molecule has 1 atom stereocenters. The number of methoxy groups -OCH3 is 1. The molecular formula is C13H22F3NO2. The molecule has 1 N–H and O–H groups in total. The quantitative estimate of drug-likeness (QED) is 0.859. The molecule has 1 aliphatic heterocycles. The molecule has 0 radical (unpaired) electrons. The smallest absolute Gasteiger partial charge is 0.378 e. The second kappa shape index (κ2) is 5.97. The number of nitrogens with one attached hydrogen (secondary N) is 1. The lowest BCUT2D eigenvalue weighted by Gasteiger charge is -2.33. The van der Waals surface area contributed by atoms with Crippen LogP contribution in [0.5, 0.6) is 0 Å². The molecule has 1 heterocycles. The van der Waals surface area contributed by atoms with Gasteiger partial charge in [-0.3, -0.25) is 0 Å². The van der Waals surface area contributed by atoms with Crippen LogP contribution in [0.2, 0.25) is 0 Å². The van der Waals surface area contributed by atoms with Crippen molar-refractivity contribution in [3.63, 3.8) is 0 Å². The zero-order chi connectivity index (χ0) is 13.9. The van der Waals surface area contributed by atoms with Crippen molar-refractivity contribution in [3.8, 4) is 0 Å². The van der Waals surface area contributed by atoms with Gasteiger partial charge in [0.15, 0.2) is 0 Å². The van der Waals surface area contributed by atoms with Crippen LogP contribution in [0.15, 0.2) is 0 Å². The van der Waals surface area contributed by atoms with Gasteiger partial charge in [0.05, 0.1) is 12.5 Å². The van der Waals surface area contributed by atoms with Crippen molar-refractivity contribution in [2.45, 2.75) is 49.9 Å². The van der Waals surface area contributed by atoms with Crippen LogP contribution < -0.4 is 5.32 Å². The monoisotopic (exact) mass is 281 g/mol. The Morgan fingerprint density at radius 3 is 2.42 bits per heavy atom. The summed E-state index contributed by atoms with van der Waals surface area (Å²) in [6, 6.07) is 0.172. The van der Waals surface area contributed by atoms with Crippen molar-refractivity contribution >= 4 is 0 Å². The summed E-state index contributed by atoms with van der Waals surface area (Å²) in [5.41, 5.74) is -0.291. The third-order valence-electron chi connectivity index (χ3n) is 4.40. The van der Waals surface area contributed by atoms with E-state index >= 15 is 0 Å². The van der Waals surface area contributed by atoms with Gasteiger partial charge in [0.25, 0.3) is 0 Å². The lowest BCUT2D eigenvalue weighted by Crippen LogP contribution is -2.47. The number of alkyl halides is 3. The molecule has 1 saturated heterocycles. The Kier molecular flexibility index (Phi) is 4.74. The average Bonchev–Trinajstić information content (AvgIpc) is 2.85. The predicted octanol–water partition coefficient (Wildman–Crippen LogP) is 2.50. The highest BCUT2D eigenvalue weighted by Gasteiger charge is 2.42. The molecule has 2 rings (SSSR count). The van der Waals surface area contributed by atoms with Crippen LogP contribution in [0.3, 0.4) is 0 Å². The van der Waals surface area contributed by atoms with E-state index in [4.69, 9.17) is 9.47 Å². The fraction of sp³-hybridized carbons (Fsp3) is 1.00. The fourth-order valence-electron chi connectivity index (χ4n) is 2.92. The van der Waals surface area contributed by atoms with Crippen LogP contribution >= 0.6 is 0 Å². The highest BCUT2D eigenvalue weighted by molar-refractivity contribution is 4.89. The summed E-state index contributed by atoms with van der Waals surface area (Å²) in [7, 11) is 1.66. The second-order valence-electron chi connectivity index (χ2n) is 5.66. The molecule has 2 fully saturated rings. The molecule has 2 aliphatic rings. The van der Waals surface area contributed by atoms with E-state index in [2.05, 4.69) is 5.32 Å². The van der Waals surface area contributed by atoms with Crippen molar-refractivity contribution in [1.29, 1.82) is 0 Å². The van der Waals surface area contributed by atoms with Crippen LogP contribution in [0.25, 0.3) is 0 Å². The number of hydrogen-bond donors (Lipinski definition) is 1. The first-order valence-corrected chi connectivity index (χ1v) is 6.88. The summed E-state index contributed by atoms with van der Waals surface area (Å²) < 4.78 is 48.5. The van der Waals surface area contributed by atoms with Gasteiger partial charge in [-0.2, -0.15) is 13.2 Å². The van der Waals surface area contributed by atoms with E-state index in [0.717, 1.165) is 6.42 Å². The van der Waals surface area contributed by atoms with Gasteiger partial charge < -0.3 is 14.8 Å². The van der Waals surface area contributed by atoms with Gasteiger partial charge in [0.2, 0.25) is 0 Å². The van der Waals surface area contributed by atoms with E-state index in [1.165, 1.54) is 0 Å². The minimum Gasteiger partial charge on any atom is -0.378 e. The number of rotatable bonds is 4. The molecule has 6 heteroatoms. The van der Waals surface area contributed by atoms with Crippen LogP contribution in [0, 0.1) is 5.92 Å². The van der Waals surface area contributed by atoms with E-state index in [1.807, 2.05) is 0 Å². The zero-order valence-corrected chi connectivity index (χ0v) is 11.3.